The minimum absolute atomic E-state index is 0.129. The Morgan fingerprint density at radius 3 is 2.72 bits per heavy atom. The van der Waals surface area contributed by atoms with E-state index in [4.69, 9.17) is 5.73 Å². The largest absolute Gasteiger partial charge is 0.393 e. The fourth-order valence-corrected chi connectivity index (χ4v) is 3.30. The van der Waals surface area contributed by atoms with E-state index in [2.05, 4.69) is 30.0 Å². The summed E-state index contributed by atoms with van der Waals surface area (Å²) in [6.07, 6.45) is 1.58. The zero-order chi connectivity index (χ0) is 13.0. The van der Waals surface area contributed by atoms with E-state index in [1.165, 1.54) is 16.1 Å². The number of nitrogens with two attached hydrogens (primary N) is 1. The van der Waals surface area contributed by atoms with Crippen molar-refractivity contribution >= 4 is 17.4 Å². The maximum Gasteiger partial charge on any atom is 0.0574 e. The van der Waals surface area contributed by atoms with Crippen LogP contribution in [0, 0.1) is 0 Å². The third kappa shape index (κ3) is 2.99. The summed E-state index contributed by atoms with van der Waals surface area (Å²) in [6, 6.07) is 6.41. The van der Waals surface area contributed by atoms with Gasteiger partial charge in [-0.3, -0.25) is 0 Å². The lowest BCUT2D eigenvalue weighted by molar-refractivity contribution is 0.145. The third-order valence-electron chi connectivity index (χ3n) is 3.42. The Balaban J connectivity index is 2.23. The summed E-state index contributed by atoms with van der Waals surface area (Å²) in [5.41, 5.74) is 8.43. The summed E-state index contributed by atoms with van der Waals surface area (Å²) in [4.78, 5) is 3.65. The van der Waals surface area contributed by atoms with Gasteiger partial charge in [0, 0.05) is 35.8 Å². The molecule has 0 aromatic heterocycles. The predicted octanol–water partition coefficient (Wildman–Crippen LogP) is 2.22. The Morgan fingerprint density at radius 1 is 1.39 bits per heavy atom. The first-order chi connectivity index (χ1) is 8.76. The van der Waals surface area contributed by atoms with E-state index in [-0.39, 0.29) is 6.10 Å². The standard InChI is InChI=1S/C14H22N2OS/c1-2-18-14-5-3-4-13(12(14)10-15)16-8-6-11(17)7-9-16/h3-5,11,17H,2,6-10,15H2,1H3. The zero-order valence-electron chi connectivity index (χ0n) is 10.9. The first-order valence-electron chi connectivity index (χ1n) is 6.64. The molecule has 0 atom stereocenters. The smallest absolute Gasteiger partial charge is 0.0574 e. The van der Waals surface area contributed by atoms with Gasteiger partial charge in [-0.25, -0.2) is 0 Å². The Bertz CT molecular complexity index is 389. The van der Waals surface area contributed by atoms with Crippen LogP contribution in [0.2, 0.25) is 0 Å². The number of hydrogen-bond acceptors (Lipinski definition) is 4. The van der Waals surface area contributed by atoms with Gasteiger partial charge in [-0.15, -0.1) is 11.8 Å². The van der Waals surface area contributed by atoms with Gasteiger partial charge in [0.1, 0.15) is 0 Å². The van der Waals surface area contributed by atoms with Crippen LogP contribution >= 0.6 is 11.8 Å². The predicted molar refractivity (Wildman–Crippen MR) is 78.2 cm³/mol. The molecule has 100 valence electrons. The maximum atomic E-state index is 9.58. The van der Waals surface area contributed by atoms with Crippen molar-refractivity contribution < 1.29 is 5.11 Å². The highest BCUT2D eigenvalue weighted by molar-refractivity contribution is 7.99. The van der Waals surface area contributed by atoms with Crippen LogP contribution in [0.25, 0.3) is 0 Å². The third-order valence-corrected chi connectivity index (χ3v) is 4.40. The van der Waals surface area contributed by atoms with E-state index in [9.17, 15) is 5.11 Å². The minimum Gasteiger partial charge on any atom is -0.393 e. The quantitative estimate of drug-likeness (QED) is 0.821. The summed E-state index contributed by atoms with van der Waals surface area (Å²) in [5, 5.41) is 9.58. The second kappa shape index (κ2) is 6.45. The van der Waals surface area contributed by atoms with Gasteiger partial charge in [0.2, 0.25) is 0 Å². The van der Waals surface area contributed by atoms with Crippen LogP contribution in [0.15, 0.2) is 23.1 Å². The van der Waals surface area contributed by atoms with Crippen molar-refractivity contribution in [2.24, 2.45) is 5.73 Å². The lowest BCUT2D eigenvalue weighted by Gasteiger charge is -2.33. The van der Waals surface area contributed by atoms with Crippen molar-refractivity contribution in [2.75, 3.05) is 23.7 Å². The lowest BCUT2D eigenvalue weighted by atomic mass is 10.1. The van der Waals surface area contributed by atoms with Gasteiger partial charge >= 0.3 is 0 Å². The fourth-order valence-electron chi connectivity index (χ4n) is 2.45. The van der Waals surface area contributed by atoms with E-state index in [1.54, 1.807) is 0 Å². The number of nitrogens with zero attached hydrogens (tertiary/aromatic N) is 1. The number of anilines is 1. The molecule has 18 heavy (non-hydrogen) atoms. The molecule has 0 radical (unpaired) electrons. The van der Waals surface area contributed by atoms with Crippen LogP contribution in [0.1, 0.15) is 25.3 Å². The molecule has 0 unspecified atom stereocenters. The number of aliphatic hydroxyl groups is 1. The SMILES string of the molecule is CCSc1cccc(N2CCC(O)CC2)c1CN. The van der Waals surface area contributed by atoms with Crippen molar-refractivity contribution in [1.82, 2.24) is 0 Å². The monoisotopic (exact) mass is 266 g/mol. The molecule has 1 aromatic rings. The lowest BCUT2D eigenvalue weighted by Crippen LogP contribution is -2.36. The molecule has 1 aromatic carbocycles. The summed E-state index contributed by atoms with van der Waals surface area (Å²) < 4.78 is 0. The molecule has 0 bridgehead atoms. The molecule has 1 heterocycles. The van der Waals surface area contributed by atoms with E-state index in [0.717, 1.165) is 31.7 Å². The van der Waals surface area contributed by atoms with E-state index < -0.39 is 0 Å². The van der Waals surface area contributed by atoms with Crippen molar-refractivity contribution in [3.8, 4) is 0 Å². The molecule has 1 aliphatic heterocycles. The summed E-state index contributed by atoms with van der Waals surface area (Å²) >= 11 is 1.85. The second-order valence-electron chi connectivity index (χ2n) is 4.61. The van der Waals surface area contributed by atoms with E-state index in [0.29, 0.717) is 6.54 Å². The fraction of sp³-hybridized carbons (Fsp3) is 0.571. The zero-order valence-corrected chi connectivity index (χ0v) is 11.7. The molecule has 1 fully saturated rings. The highest BCUT2D eigenvalue weighted by atomic mass is 32.2. The van der Waals surface area contributed by atoms with Gasteiger partial charge in [0.15, 0.2) is 0 Å². The van der Waals surface area contributed by atoms with Gasteiger partial charge in [0.05, 0.1) is 6.10 Å². The molecule has 3 nitrogen and oxygen atoms in total. The minimum atomic E-state index is -0.129. The normalized spacial score (nSPS) is 17.2. The van der Waals surface area contributed by atoms with Gasteiger partial charge in [0.25, 0.3) is 0 Å². The van der Waals surface area contributed by atoms with Crippen LogP contribution in [0.5, 0.6) is 0 Å². The van der Waals surface area contributed by atoms with Crippen LogP contribution in [-0.2, 0) is 6.54 Å². The van der Waals surface area contributed by atoms with Gasteiger partial charge in [-0.1, -0.05) is 13.0 Å². The van der Waals surface area contributed by atoms with Crippen LogP contribution in [0.3, 0.4) is 0 Å². The van der Waals surface area contributed by atoms with Crippen molar-refractivity contribution in [3.05, 3.63) is 23.8 Å². The Labute approximate surface area is 113 Å². The molecule has 0 amide bonds. The Hall–Kier alpha value is -0.710. The molecule has 2 rings (SSSR count). The molecule has 1 saturated heterocycles. The molecule has 0 spiro atoms. The number of thioether (sulfide) groups is 1. The van der Waals surface area contributed by atoms with Gasteiger partial charge in [-0.2, -0.15) is 0 Å². The molecular weight excluding hydrogens is 244 g/mol. The van der Waals surface area contributed by atoms with Crippen LogP contribution in [-0.4, -0.2) is 30.1 Å². The summed E-state index contributed by atoms with van der Waals surface area (Å²) in [7, 11) is 0. The van der Waals surface area contributed by atoms with Crippen molar-refractivity contribution in [3.63, 3.8) is 0 Å². The molecule has 3 N–H and O–H groups in total. The number of rotatable bonds is 4. The average molecular weight is 266 g/mol. The topological polar surface area (TPSA) is 49.5 Å². The first-order valence-corrected chi connectivity index (χ1v) is 7.62. The summed E-state index contributed by atoms with van der Waals surface area (Å²) in [5.74, 6) is 1.06. The Kier molecular flexibility index (Phi) is 4.92. The molecule has 4 heteroatoms. The van der Waals surface area contributed by atoms with Gasteiger partial charge < -0.3 is 15.7 Å². The van der Waals surface area contributed by atoms with Gasteiger partial charge in [-0.05, 0) is 30.7 Å². The number of piperidine rings is 1. The first kappa shape index (κ1) is 13.7. The highest BCUT2D eigenvalue weighted by Gasteiger charge is 2.20. The van der Waals surface area contributed by atoms with Crippen LogP contribution < -0.4 is 10.6 Å². The van der Waals surface area contributed by atoms with E-state index in [1.807, 2.05) is 11.8 Å². The summed E-state index contributed by atoms with van der Waals surface area (Å²) in [6.45, 7) is 4.59. The molecule has 1 aliphatic rings. The molecule has 0 aliphatic carbocycles. The van der Waals surface area contributed by atoms with Crippen LogP contribution in [0.4, 0.5) is 5.69 Å². The molecule has 0 saturated carbocycles. The van der Waals surface area contributed by atoms with Crippen molar-refractivity contribution in [1.29, 1.82) is 0 Å². The average Bonchev–Trinajstić information content (AvgIpc) is 2.40. The number of benzene rings is 1. The maximum absolute atomic E-state index is 9.58. The Morgan fingerprint density at radius 2 is 2.11 bits per heavy atom. The number of hydrogen-bond donors (Lipinski definition) is 2. The van der Waals surface area contributed by atoms with E-state index >= 15 is 0 Å². The van der Waals surface area contributed by atoms with Crippen molar-refractivity contribution in [2.45, 2.75) is 37.3 Å². The highest BCUT2D eigenvalue weighted by Crippen LogP contribution is 2.31. The second-order valence-corrected chi connectivity index (χ2v) is 5.92. The number of aliphatic hydroxyl groups excluding tert-OH is 1. The molecular formula is C14H22N2OS.